The van der Waals surface area contributed by atoms with Gasteiger partial charge in [0.25, 0.3) is 11.5 Å². The lowest BCUT2D eigenvalue weighted by atomic mass is 9.75. The first-order chi connectivity index (χ1) is 26.0. The van der Waals surface area contributed by atoms with Crippen LogP contribution in [0.25, 0.3) is 22.7 Å². The number of likely N-dealkylation sites (tertiary alicyclic amines) is 1. The Bertz CT molecular complexity index is 2490. The summed E-state index contributed by atoms with van der Waals surface area (Å²) < 4.78 is 42.6. The molecule has 55 heavy (non-hydrogen) atoms. The third kappa shape index (κ3) is 6.93. The van der Waals surface area contributed by atoms with Gasteiger partial charge in [0.2, 0.25) is 11.7 Å². The molecule has 1 aliphatic heterocycles. The average molecular weight is 797 g/mol. The van der Waals surface area contributed by atoms with Gasteiger partial charge in [0.05, 0.1) is 33.2 Å². The highest BCUT2D eigenvalue weighted by Crippen LogP contribution is 2.46. The van der Waals surface area contributed by atoms with Crippen LogP contribution in [0.1, 0.15) is 58.3 Å². The molecule has 286 valence electrons. The molecule has 2 amide bonds. The van der Waals surface area contributed by atoms with Gasteiger partial charge >= 0.3 is 6.18 Å². The normalized spacial score (nSPS) is 15.2. The van der Waals surface area contributed by atoms with Crippen LogP contribution in [0.2, 0.25) is 10.0 Å². The second-order valence-electron chi connectivity index (χ2n) is 14.0. The zero-order valence-corrected chi connectivity index (χ0v) is 31.5. The van der Waals surface area contributed by atoms with Gasteiger partial charge in [-0.05, 0) is 76.2 Å². The summed E-state index contributed by atoms with van der Waals surface area (Å²) in [6, 6.07) is 7.96. The first kappa shape index (κ1) is 38.0. The molecule has 0 bridgehead atoms. The van der Waals surface area contributed by atoms with E-state index in [1.54, 1.807) is 28.5 Å². The van der Waals surface area contributed by atoms with Crippen LogP contribution in [0, 0.1) is 6.92 Å². The predicted octanol–water partition coefficient (Wildman–Crippen LogP) is 5.98. The number of nitrogens with one attached hydrogen (secondary N) is 1. The number of benzene rings is 2. The van der Waals surface area contributed by atoms with Crippen molar-refractivity contribution in [3.05, 3.63) is 103 Å². The average Bonchev–Trinajstić information content (AvgIpc) is 3.69. The lowest BCUT2D eigenvalue weighted by Gasteiger charge is -2.38. The van der Waals surface area contributed by atoms with Crippen molar-refractivity contribution < 1.29 is 27.9 Å². The minimum absolute atomic E-state index is 0.0336. The summed E-state index contributed by atoms with van der Waals surface area (Å²) in [4.78, 5) is 57.9. The number of anilines is 1. The molecule has 3 aromatic heterocycles. The molecule has 1 fully saturated rings. The zero-order valence-electron chi connectivity index (χ0n) is 30.0. The molecule has 5 aromatic rings. The smallest absolute Gasteiger partial charge is 0.416 e. The molecule has 1 aliphatic carbocycles. The number of aromatic hydroxyl groups is 1. The Labute approximate surface area is 322 Å². The molecule has 0 radical (unpaired) electrons. The van der Waals surface area contributed by atoms with E-state index in [9.17, 15) is 32.7 Å². The van der Waals surface area contributed by atoms with Crippen molar-refractivity contribution in [2.24, 2.45) is 0 Å². The topological polar surface area (TPSA) is 151 Å². The van der Waals surface area contributed by atoms with Crippen molar-refractivity contribution >= 4 is 52.1 Å². The largest absolute Gasteiger partial charge is 0.504 e. The highest BCUT2D eigenvalue weighted by Gasteiger charge is 2.45. The molecule has 1 spiro atoms. The standard InChI is InChI=1S/C37H34Cl2F3N9O4/c1-19-15-36(9-11-49(12-10-36)34(55)29-31(53)20(2)43-18-44-29)28-30(19)50(17-27(52)45-26-8-7-23(14-25(26)39)37(40,41)42)35-46-32(47-51(35)33(28)54)21-5-6-22(16-48(3)4)24(38)13-21/h5-8,13-15,18,53H,9-12,16-17H2,1-4H3,(H,45,52). The Kier molecular flexibility index (Phi) is 9.72. The molecular weight excluding hydrogens is 762 g/mol. The quantitative estimate of drug-likeness (QED) is 0.203. The summed E-state index contributed by atoms with van der Waals surface area (Å²) in [5.41, 5.74) is 0.710. The fraction of sp³-hybridized carbons (Fsp3) is 0.324. The number of fused-ring (bicyclic) bond motifs is 3. The second kappa shape index (κ2) is 14.1. The number of piperidine rings is 1. The maximum atomic E-state index is 14.6. The van der Waals surface area contributed by atoms with Crippen LogP contribution >= 0.6 is 23.2 Å². The van der Waals surface area contributed by atoms with Crippen LogP contribution in [0.5, 0.6) is 5.75 Å². The summed E-state index contributed by atoms with van der Waals surface area (Å²) in [6.45, 7) is 3.98. The number of carbonyl (C=O) groups excluding carboxylic acids is 2. The van der Waals surface area contributed by atoms with Crippen molar-refractivity contribution in [3.63, 3.8) is 0 Å². The number of aromatic nitrogens is 6. The summed E-state index contributed by atoms with van der Waals surface area (Å²) >= 11 is 12.8. The number of carbonyl (C=O) groups is 2. The van der Waals surface area contributed by atoms with Crippen LogP contribution < -0.4 is 10.9 Å². The molecule has 0 unspecified atom stereocenters. The van der Waals surface area contributed by atoms with Crippen LogP contribution in [0.3, 0.4) is 0 Å². The molecule has 4 heterocycles. The molecular formula is C37H34Cl2F3N9O4. The maximum Gasteiger partial charge on any atom is 0.416 e. The fourth-order valence-electron chi connectivity index (χ4n) is 7.30. The predicted molar refractivity (Wildman–Crippen MR) is 199 cm³/mol. The second-order valence-corrected chi connectivity index (χ2v) is 14.8. The molecule has 2 aliphatic rings. The monoisotopic (exact) mass is 795 g/mol. The van der Waals surface area contributed by atoms with Crippen molar-refractivity contribution in [1.82, 2.24) is 38.9 Å². The third-order valence-corrected chi connectivity index (χ3v) is 10.6. The van der Waals surface area contributed by atoms with Gasteiger partial charge in [-0.3, -0.25) is 14.4 Å². The molecule has 13 nitrogen and oxygen atoms in total. The van der Waals surface area contributed by atoms with Gasteiger partial charge in [-0.2, -0.15) is 22.7 Å². The van der Waals surface area contributed by atoms with E-state index in [0.717, 1.165) is 28.3 Å². The summed E-state index contributed by atoms with van der Waals surface area (Å²) in [5, 5.41) is 17.8. The van der Waals surface area contributed by atoms with Gasteiger partial charge in [-0.15, -0.1) is 5.10 Å². The van der Waals surface area contributed by atoms with Crippen LogP contribution in [0.4, 0.5) is 18.9 Å². The van der Waals surface area contributed by atoms with Crippen molar-refractivity contribution in [3.8, 4) is 17.1 Å². The van der Waals surface area contributed by atoms with Gasteiger partial charge in [0.1, 0.15) is 12.9 Å². The van der Waals surface area contributed by atoms with Crippen LogP contribution in [0.15, 0.2) is 53.6 Å². The molecule has 7 rings (SSSR count). The van der Waals surface area contributed by atoms with E-state index < -0.39 is 41.1 Å². The number of hydrogen-bond donors (Lipinski definition) is 2. The molecule has 0 saturated carbocycles. The molecule has 2 aromatic carbocycles. The van der Waals surface area contributed by atoms with Crippen molar-refractivity contribution in [1.29, 1.82) is 0 Å². The number of halogens is 5. The highest BCUT2D eigenvalue weighted by atomic mass is 35.5. The Morgan fingerprint density at radius 2 is 1.76 bits per heavy atom. The van der Waals surface area contributed by atoms with E-state index in [2.05, 4.69) is 20.4 Å². The van der Waals surface area contributed by atoms with Crippen LogP contribution in [-0.2, 0) is 29.5 Å². The molecule has 2 N–H and O–H groups in total. The van der Waals surface area contributed by atoms with E-state index in [1.807, 2.05) is 38.1 Å². The summed E-state index contributed by atoms with van der Waals surface area (Å²) in [7, 11) is 3.83. The summed E-state index contributed by atoms with van der Waals surface area (Å²) in [5.74, 6) is -1.20. The van der Waals surface area contributed by atoms with Gasteiger partial charge < -0.3 is 24.8 Å². The van der Waals surface area contributed by atoms with E-state index in [-0.39, 0.29) is 52.5 Å². The van der Waals surface area contributed by atoms with E-state index in [0.29, 0.717) is 46.8 Å². The van der Waals surface area contributed by atoms with Gasteiger partial charge in [-0.25, -0.2) is 9.97 Å². The van der Waals surface area contributed by atoms with Gasteiger partial charge in [0.15, 0.2) is 17.3 Å². The fourth-order valence-corrected chi connectivity index (χ4v) is 7.77. The number of alkyl halides is 3. The number of nitrogens with zero attached hydrogens (tertiary/aromatic N) is 8. The van der Waals surface area contributed by atoms with Gasteiger partial charge in [-0.1, -0.05) is 41.4 Å². The SMILES string of the molecule is CC1=CC2(CCN(C(=O)c3ncnc(C)c3O)CC2)c2c1n(CC(=O)Nc1ccc(C(F)(F)F)cc1Cl)c1nc(-c3ccc(CN(C)C)c(Cl)c3)nn1c2=O. The van der Waals surface area contributed by atoms with Crippen LogP contribution in [-0.4, -0.2) is 83.0 Å². The lowest BCUT2D eigenvalue weighted by Crippen LogP contribution is -2.46. The number of allylic oxidation sites excluding steroid dienone is 2. The minimum atomic E-state index is -4.63. The molecule has 18 heteroatoms. The Morgan fingerprint density at radius 1 is 1.04 bits per heavy atom. The summed E-state index contributed by atoms with van der Waals surface area (Å²) in [6.07, 6.45) is -0.811. The van der Waals surface area contributed by atoms with E-state index in [4.69, 9.17) is 28.2 Å². The Morgan fingerprint density at radius 3 is 2.42 bits per heavy atom. The first-order valence-electron chi connectivity index (χ1n) is 17.1. The number of amides is 2. The first-order valence-corrected chi connectivity index (χ1v) is 17.9. The zero-order chi connectivity index (χ0) is 39.6. The minimum Gasteiger partial charge on any atom is -0.504 e. The van der Waals surface area contributed by atoms with E-state index >= 15 is 0 Å². The number of rotatable bonds is 7. The number of aryl methyl sites for hydroxylation is 1. The van der Waals surface area contributed by atoms with E-state index in [1.165, 1.54) is 6.33 Å². The maximum absolute atomic E-state index is 14.6. The lowest BCUT2D eigenvalue weighted by molar-refractivity contribution is -0.137. The van der Waals surface area contributed by atoms with Gasteiger partial charge in [0, 0.05) is 35.6 Å². The molecule has 1 saturated heterocycles. The molecule has 0 atom stereocenters. The van der Waals surface area contributed by atoms with Crippen molar-refractivity contribution in [2.75, 3.05) is 32.5 Å². The Balaban J connectivity index is 1.29. The third-order valence-electron chi connectivity index (χ3n) is 9.93. The van der Waals surface area contributed by atoms with Crippen molar-refractivity contribution in [2.45, 2.75) is 51.4 Å². The number of hydrogen-bond acceptors (Lipinski definition) is 9. The Hall–Kier alpha value is -5.32. The highest BCUT2D eigenvalue weighted by molar-refractivity contribution is 6.33.